The third kappa shape index (κ3) is 5.52. The zero-order valence-corrected chi connectivity index (χ0v) is 16.5. The van der Waals surface area contributed by atoms with Gasteiger partial charge in [-0.3, -0.25) is 0 Å². The molecule has 0 spiro atoms. The fraction of sp³-hybridized carbons (Fsp3) is 0.150. The number of hydrogen-bond donors (Lipinski definition) is 0. The highest BCUT2D eigenvalue weighted by atomic mass is 127. The van der Waals surface area contributed by atoms with E-state index in [1.807, 2.05) is 19.1 Å². The van der Waals surface area contributed by atoms with Crippen LogP contribution in [-0.2, 0) is 7.05 Å². The lowest BCUT2D eigenvalue weighted by Gasteiger charge is -2.02. The van der Waals surface area contributed by atoms with Crippen molar-refractivity contribution in [3.63, 3.8) is 0 Å². The van der Waals surface area contributed by atoms with Crippen molar-refractivity contribution in [3.8, 4) is 5.75 Å². The molecular weight excluding hydrogens is 429 g/mol. The summed E-state index contributed by atoms with van der Waals surface area (Å²) in [5, 5.41) is 1.25. The number of benzene rings is 2. The average molecular weight is 453 g/mol. The van der Waals surface area contributed by atoms with Crippen molar-refractivity contribution in [3.05, 3.63) is 71.9 Å². The summed E-state index contributed by atoms with van der Waals surface area (Å²) >= 11 is 0. The first kappa shape index (κ1) is 23.0. The van der Waals surface area contributed by atoms with Gasteiger partial charge >= 0.3 is 0 Å². The molecule has 0 saturated heterocycles. The molecule has 0 atom stereocenters. The van der Waals surface area contributed by atoms with Gasteiger partial charge in [0.05, 0.1) is 6.61 Å². The predicted octanol–water partition coefficient (Wildman–Crippen LogP) is -0.412. The van der Waals surface area contributed by atoms with Gasteiger partial charge in [-0.2, -0.15) is 4.57 Å². The number of para-hydroxylation sites is 1. The summed E-state index contributed by atoms with van der Waals surface area (Å²) in [5.41, 5.74) is 3.57. The first-order valence-electron chi connectivity index (χ1n) is 7.56. The molecule has 1 heterocycles. The maximum atomic E-state index is 5.46. The number of hydrogen-bond acceptors (Lipinski definition) is 1. The van der Waals surface area contributed by atoms with Crippen LogP contribution in [0.1, 0.15) is 18.2 Å². The zero-order chi connectivity index (χ0) is 15.4. The van der Waals surface area contributed by atoms with Crippen LogP contribution in [0.25, 0.3) is 23.1 Å². The van der Waals surface area contributed by atoms with Gasteiger partial charge in [0.2, 0.25) is 11.2 Å². The molecule has 1 aromatic heterocycles. The van der Waals surface area contributed by atoms with Gasteiger partial charge in [-0.05, 0) is 42.8 Å². The highest BCUT2D eigenvalue weighted by Crippen LogP contribution is 2.15. The van der Waals surface area contributed by atoms with E-state index in [4.69, 9.17) is 4.74 Å². The molecule has 0 unspecified atom stereocenters. The highest BCUT2D eigenvalue weighted by Gasteiger charge is 2.07. The Kier molecular flexibility index (Phi) is 9.96. The quantitative estimate of drug-likeness (QED) is 0.391. The molecule has 4 nitrogen and oxygen atoms in total. The molecule has 0 radical (unpaired) electrons. The van der Waals surface area contributed by atoms with Crippen LogP contribution in [0.15, 0.2) is 60.7 Å². The molecule has 0 aliphatic rings. The van der Waals surface area contributed by atoms with Crippen molar-refractivity contribution in [1.82, 2.24) is 0 Å². The number of pyridine rings is 1. The summed E-state index contributed by atoms with van der Waals surface area (Å²) in [4.78, 5) is 0. The molecule has 5 heteroatoms. The number of fused-ring (bicyclic) bond motifs is 1. The Morgan fingerprint density at radius 1 is 0.880 bits per heavy atom. The Morgan fingerprint density at radius 2 is 1.56 bits per heavy atom. The number of nitrogens with zero attached hydrogens (tertiary/aromatic N) is 1. The molecule has 0 bridgehead atoms. The largest absolute Gasteiger partial charge is 1.00 e. The van der Waals surface area contributed by atoms with Gasteiger partial charge < -0.3 is 39.7 Å². The fourth-order valence-electron chi connectivity index (χ4n) is 2.55. The van der Waals surface area contributed by atoms with E-state index >= 15 is 0 Å². The topological polar surface area (TPSA) is 76.1 Å². The number of halogens is 1. The van der Waals surface area contributed by atoms with Crippen molar-refractivity contribution in [1.29, 1.82) is 0 Å². The normalized spacial score (nSPS) is 9.84. The van der Waals surface area contributed by atoms with E-state index in [2.05, 4.69) is 72.3 Å². The van der Waals surface area contributed by atoms with Crippen molar-refractivity contribution < 1.29 is 44.2 Å². The summed E-state index contributed by atoms with van der Waals surface area (Å²) < 4.78 is 7.67. The van der Waals surface area contributed by atoms with Crippen LogP contribution in [-0.4, -0.2) is 17.6 Å². The molecule has 4 N–H and O–H groups in total. The van der Waals surface area contributed by atoms with Crippen molar-refractivity contribution in [2.75, 3.05) is 6.61 Å². The number of rotatable bonds is 4. The van der Waals surface area contributed by atoms with Crippen LogP contribution in [0.2, 0.25) is 0 Å². The molecule has 0 aliphatic heterocycles. The molecule has 0 saturated carbocycles. The van der Waals surface area contributed by atoms with Gasteiger partial charge in [-0.25, -0.2) is 0 Å². The van der Waals surface area contributed by atoms with E-state index in [0.717, 1.165) is 11.3 Å². The van der Waals surface area contributed by atoms with Gasteiger partial charge in [0, 0.05) is 23.6 Å². The minimum Gasteiger partial charge on any atom is -1.00 e. The molecule has 2 aromatic carbocycles. The molecule has 0 aliphatic carbocycles. The van der Waals surface area contributed by atoms with Crippen LogP contribution < -0.4 is 33.3 Å². The number of aryl methyl sites for hydroxylation is 1. The molecule has 3 aromatic rings. The molecular formula is C20H24INO3. The maximum absolute atomic E-state index is 5.46. The lowest BCUT2D eigenvalue weighted by molar-refractivity contribution is -0.646. The number of ether oxygens (including phenoxy) is 1. The Morgan fingerprint density at radius 3 is 2.24 bits per heavy atom. The third-order valence-electron chi connectivity index (χ3n) is 3.76. The number of aromatic nitrogens is 1. The molecule has 134 valence electrons. The Bertz CT molecular complexity index is 817. The van der Waals surface area contributed by atoms with E-state index in [1.54, 1.807) is 0 Å². The lowest BCUT2D eigenvalue weighted by Crippen LogP contribution is -3.00. The maximum Gasteiger partial charge on any atom is 0.212 e. The van der Waals surface area contributed by atoms with Crippen LogP contribution >= 0.6 is 0 Å². The summed E-state index contributed by atoms with van der Waals surface area (Å²) in [6, 6.07) is 20.9. The third-order valence-corrected chi connectivity index (χ3v) is 3.76. The van der Waals surface area contributed by atoms with E-state index in [-0.39, 0.29) is 34.9 Å². The highest BCUT2D eigenvalue weighted by molar-refractivity contribution is 5.77. The van der Waals surface area contributed by atoms with Gasteiger partial charge in [0.1, 0.15) is 12.8 Å². The molecule has 0 amide bonds. The Labute approximate surface area is 165 Å². The van der Waals surface area contributed by atoms with E-state index < -0.39 is 0 Å². The van der Waals surface area contributed by atoms with Crippen LogP contribution in [0.5, 0.6) is 5.75 Å². The van der Waals surface area contributed by atoms with Gasteiger partial charge in [0.15, 0.2) is 0 Å². The monoisotopic (exact) mass is 453 g/mol. The van der Waals surface area contributed by atoms with Crippen molar-refractivity contribution >= 4 is 23.1 Å². The minimum absolute atomic E-state index is 0. The minimum atomic E-state index is 0. The van der Waals surface area contributed by atoms with E-state index in [9.17, 15) is 0 Å². The predicted molar refractivity (Wildman–Crippen MR) is 98.9 cm³/mol. The Balaban J connectivity index is 0.00000192. The summed E-state index contributed by atoms with van der Waals surface area (Å²) in [6.07, 6.45) is 4.27. The van der Waals surface area contributed by atoms with E-state index in [0.29, 0.717) is 6.61 Å². The second kappa shape index (κ2) is 10.8. The zero-order valence-electron chi connectivity index (χ0n) is 14.4. The smallest absolute Gasteiger partial charge is 0.212 e. The van der Waals surface area contributed by atoms with Gasteiger partial charge in [0.25, 0.3) is 0 Å². The fourth-order valence-corrected chi connectivity index (χ4v) is 2.55. The van der Waals surface area contributed by atoms with Gasteiger partial charge in [-0.15, -0.1) is 0 Å². The van der Waals surface area contributed by atoms with E-state index in [1.165, 1.54) is 16.6 Å². The first-order chi connectivity index (χ1) is 10.8. The second-order valence-electron chi connectivity index (χ2n) is 5.21. The molecule has 3 rings (SSSR count). The summed E-state index contributed by atoms with van der Waals surface area (Å²) in [6.45, 7) is 2.69. The van der Waals surface area contributed by atoms with Crippen LogP contribution in [0, 0.1) is 0 Å². The average Bonchev–Trinajstić information content (AvgIpc) is 2.56. The van der Waals surface area contributed by atoms with Gasteiger partial charge in [-0.1, -0.05) is 24.3 Å². The molecule has 0 fully saturated rings. The SMILES string of the molecule is CCOc1ccc(/C=C/c2ccc3ccccc3[n+]2C)cc1.O.O.[I-]. The van der Waals surface area contributed by atoms with Crippen LogP contribution in [0.4, 0.5) is 0 Å². The molecule has 25 heavy (non-hydrogen) atoms. The Hall–Kier alpha value is -1.96. The summed E-state index contributed by atoms with van der Waals surface area (Å²) in [7, 11) is 2.10. The first-order valence-corrected chi connectivity index (χ1v) is 7.56. The van der Waals surface area contributed by atoms with Crippen molar-refractivity contribution in [2.45, 2.75) is 6.92 Å². The second-order valence-corrected chi connectivity index (χ2v) is 5.21. The lowest BCUT2D eigenvalue weighted by atomic mass is 10.1. The van der Waals surface area contributed by atoms with Crippen molar-refractivity contribution in [2.24, 2.45) is 7.05 Å². The standard InChI is InChI=1S/C20H20NO.HI.2H2O/c1-3-22-19-14-9-16(10-15-19)8-12-18-13-11-17-6-4-5-7-20(17)21(18)2;;;/h4-15H,3H2,1-2H3;1H;2*1H2/q+1;;;/p-1/b12-8+;;;. The van der Waals surface area contributed by atoms with Crippen LogP contribution in [0.3, 0.4) is 0 Å². The summed E-state index contributed by atoms with van der Waals surface area (Å²) in [5.74, 6) is 0.913.